The highest BCUT2D eigenvalue weighted by Crippen LogP contribution is 2.34. The van der Waals surface area contributed by atoms with E-state index in [1.807, 2.05) is 33.2 Å². The quantitative estimate of drug-likeness (QED) is 0.862. The van der Waals surface area contributed by atoms with Crippen LogP contribution in [0.15, 0.2) is 29.9 Å². The van der Waals surface area contributed by atoms with E-state index in [0.717, 1.165) is 32.4 Å². The summed E-state index contributed by atoms with van der Waals surface area (Å²) in [6.07, 6.45) is 6.55. The molecule has 0 radical (unpaired) electrons. The van der Waals surface area contributed by atoms with Crippen molar-refractivity contribution in [3.05, 3.63) is 40.3 Å². The molecular weight excluding hydrogens is 296 g/mol. The maximum Gasteiger partial charge on any atom is 0.317 e. The van der Waals surface area contributed by atoms with Gasteiger partial charge in [0.15, 0.2) is 0 Å². The Bertz CT molecular complexity index is 607. The molecule has 1 N–H and O–H groups in total. The van der Waals surface area contributed by atoms with E-state index in [0.29, 0.717) is 6.54 Å². The van der Waals surface area contributed by atoms with E-state index in [1.165, 1.54) is 10.4 Å². The van der Waals surface area contributed by atoms with Gasteiger partial charge in [-0.3, -0.25) is 4.68 Å². The first kappa shape index (κ1) is 15.1. The highest BCUT2D eigenvalue weighted by Gasteiger charge is 2.29. The third kappa shape index (κ3) is 3.16. The first-order valence-corrected chi connectivity index (χ1v) is 8.75. The molecule has 1 atom stereocenters. The summed E-state index contributed by atoms with van der Waals surface area (Å²) in [6.45, 7) is 4.48. The van der Waals surface area contributed by atoms with Crippen molar-refractivity contribution in [2.45, 2.75) is 38.8 Å². The molecule has 0 spiro atoms. The zero-order valence-corrected chi connectivity index (χ0v) is 13.7. The molecule has 0 saturated carbocycles. The summed E-state index contributed by atoms with van der Waals surface area (Å²) in [5, 5.41) is 9.35. The van der Waals surface area contributed by atoms with E-state index in [1.54, 1.807) is 6.20 Å². The number of thiophene rings is 1. The lowest BCUT2D eigenvalue weighted by atomic mass is 9.98. The van der Waals surface area contributed by atoms with Gasteiger partial charge in [0.2, 0.25) is 0 Å². The topological polar surface area (TPSA) is 50.2 Å². The molecule has 1 aliphatic rings. The maximum atomic E-state index is 12.5. The smallest absolute Gasteiger partial charge is 0.317 e. The fourth-order valence-corrected chi connectivity index (χ4v) is 3.98. The number of fused-ring (bicyclic) bond motifs is 1. The standard InChI is InChI=1S/C16H22N4OS/c1-2-14-13-6-12-22-15(13)5-11-20(14)16(21)17-7-3-9-19-10-4-8-18-19/h4,6,8,10,12,14H,2-3,5,7,9,11H2,1H3,(H,17,21). The first-order chi connectivity index (χ1) is 10.8. The van der Waals surface area contributed by atoms with Crippen LogP contribution in [-0.2, 0) is 13.0 Å². The van der Waals surface area contributed by atoms with E-state index in [2.05, 4.69) is 28.8 Å². The molecule has 1 aliphatic heterocycles. The number of amides is 2. The highest BCUT2D eigenvalue weighted by molar-refractivity contribution is 7.10. The Morgan fingerprint density at radius 1 is 1.55 bits per heavy atom. The minimum absolute atomic E-state index is 0.0594. The van der Waals surface area contributed by atoms with Gasteiger partial charge >= 0.3 is 6.03 Å². The van der Waals surface area contributed by atoms with Crippen LogP contribution in [-0.4, -0.2) is 33.8 Å². The van der Waals surface area contributed by atoms with Crippen LogP contribution in [0, 0.1) is 0 Å². The zero-order chi connectivity index (χ0) is 15.4. The van der Waals surface area contributed by atoms with Gasteiger partial charge in [0.1, 0.15) is 0 Å². The fourth-order valence-electron chi connectivity index (χ4n) is 3.05. The monoisotopic (exact) mass is 318 g/mol. The SMILES string of the molecule is CCC1c2ccsc2CCN1C(=O)NCCCn1cccn1. The van der Waals surface area contributed by atoms with Gasteiger partial charge in [0, 0.05) is 36.9 Å². The molecule has 22 heavy (non-hydrogen) atoms. The van der Waals surface area contributed by atoms with Crippen LogP contribution >= 0.6 is 11.3 Å². The molecule has 0 bridgehead atoms. The van der Waals surface area contributed by atoms with Gasteiger partial charge < -0.3 is 10.2 Å². The fraction of sp³-hybridized carbons (Fsp3) is 0.500. The molecule has 2 aromatic rings. The van der Waals surface area contributed by atoms with Crippen LogP contribution in [0.5, 0.6) is 0 Å². The van der Waals surface area contributed by atoms with Crippen LogP contribution in [0.1, 0.15) is 36.2 Å². The van der Waals surface area contributed by atoms with Gasteiger partial charge in [0.25, 0.3) is 0 Å². The number of nitrogens with zero attached hydrogens (tertiary/aromatic N) is 3. The predicted molar refractivity (Wildman–Crippen MR) is 88.0 cm³/mol. The van der Waals surface area contributed by atoms with E-state index >= 15 is 0 Å². The second kappa shape index (κ2) is 6.96. The van der Waals surface area contributed by atoms with E-state index in [-0.39, 0.29) is 12.1 Å². The van der Waals surface area contributed by atoms with Crippen molar-refractivity contribution < 1.29 is 4.79 Å². The van der Waals surface area contributed by atoms with Gasteiger partial charge in [-0.15, -0.1) is 11.3 Å². The van der Waals surface area contributed by atoms with E-state index in [9.17, 15) is 4.79 Å². The third-order valence-corrected chi connectivity index (χ3v) is 5.14. The van der Waals surface area contributed by atoms with Gasteiger partial charge in [-0.05, 0) is 42.3 Å². The van der Waals surface area contributed by atoms with Crippen LogP contribution < -0.4 is 5.32 Å². The number of urea groups is 1. The molecule has 3 heterocycles. The Hall–Kier alpha value is -1.82. The largest absolute Gasteiger partial charge is 0.338 e. The number of nitrogens with one attached hydrogen (secondary N) is 1. The lowest BCUT2D eigenvalue weighted by Gasteiger charge is -2.35. The Morgan fingerprint density at radius 2 is 2.45 bits per heavy atom. The molecule has 5 nitrogen and oxygen atoms in total. The van der Waals surface area contributed by atoms with Crippen molar-refractivity contribution in [1.82, 2.24) is 20.0 Å². The number of carbonyl (C=O) groups excluding carboxylic acids is 1. The molecule has 0 aromatic carbocycles. The third-order valence-electron chi connectivity index (χ3n) is 4.14. The molecular formula is C16H22N4OS. The lowest BCUT2D eigenvalue weighted by molar-refractivity contribution is 0.167. The summed E-state index contributed by atoms with van der Waals surface area (Å²) in [5.41, 5.74) is 1.34. The minimum Gasteiger partial charge on any atom is -0.338 e. The van der Waals surface area contributed by atoms with Crippen molar-refractivity contribution in [2.75, 3.05) is 13.1 Å². The molecule has 0 saturated heterocycles. The van der Waals surface area contributed by atoms with Crippen molar-refractivity contribution in [3.63, 3.8) is 0 Å². The van der Waals surface area contributed by atoms with Gasteiger partial charge in [-0.2, -0.15) is 5.10 Å². The van der Waals surface area contributed by atoms with E-state index < -0.39 is 0 Å². The van der Waals surface area contributed by atoms with Crippen LogP contribution in [0.2, 0.25) is 0 Å². The van der Waals surface area contributed by atoms with Crippen molar-refractivity contribution in [2.24, 2.45) is 0 Å². The van der Waals surface area contributed by atoms with Crippen molar-refractivity contribution >= 4 is 17.4 Å². The Morgan fingerprint density at radius 3 is 3.23 bits per heavy atom. The van der Waals surface area contributed by atoms with Crippen molar-refractivity contribution in [3.8, 4) is 0 Å². The lowest BCUT2D eigenvalue weighted by Crippen LogP contribution is -2.45. The zero-order valence-electron chi connectivity index (χ0n) is 12.9. The second-order valence-corrected chi connectivity index (χ2v) is 6.52. The van der Waals surface area contributed by atoms with Gasteiger partial charge in [-0.1, -0.05) is 6.92 Å². The Balaban J connectivity index is 1.51. The normalized spacial score (nSPS) is 17.3. The summed E-state index contributed by atoms with van der Waals surface area (Å²) in [4.78, 5) is 15.9. The second-order valence-electron chi connectivity index (χ2n) is 5.52. The number of hydrogen-bond acceptors (Lipinski definition) is 3. The maximum absolute atomic E-state index is 12.5. The number of carbonyl (C=O) groups is 1. The van der Waals surface area contributed by atoms with Crippen LogP contribution in [0.4, 0.5) is 4.79 Å². The van der Waals surface area contributed by atoms with Gasteiger partial charge in [-0.25, -0.2) is 4.79 Å². The summed E-state index contributed by atoms with van der Waals surface area (Å²) < 4.78 is 1.89. The number of aromatic nitrogens is 2. The molecule has 3 rings (SSSR count). The molecule has 118 valence electrons. The Labute approximate surface area is 134 Å². The van der Waals surface area contributed by atoms with Crippen LogP contribution in [0.3, 0.4) is 0 Å². The summed E-state index contributed by atoms with van der Waals surface area (Å²) in [7, 11) is 0. The molecule has 0 aliphatic carbocycles. The average molecular weight is 318 g/mol. The number of aryl methyl sites for hydroxylation is 1. The first-order valence-electron chi connectivity index (χ1n) is 7.87. The minimum atomic E-state index is 0.0594. The number of hydrogen-bond donors (Lipinski definition) is 1. The van der Waals surface area contributed by atoms with Crippen molar-refractivity contribution in [1.29, 1.82) is 0 Å². The average Bonchev–Trinajstić information content (AvgIpc) is 3.21. The van der Waals surface area contributed by atoms with Crippen LogP contribution in [0.25, 0.3) is 0 Å². The summed E-state index contributed by atoms with van der Waals surface area (Å²) in [6, 6.07) is 4.37. The molecule has 2 amide bonds. The van der Waals surface area contributed by atoms with Gasteiger partial charge in [0.05, 0.1) is 6.04 Å². The summed E-state index contributed by atoms with van der Waals surface area (Å²) in [5.74, 6) is 0. The predicted octanol–water partition coefficient (Wildman–Crippen LogP) is 3.05. The highest BCUT2D eigenvalue weighted by atomic mass is 32.1. The van der Waals surface area contributed by atoms with E-state index in [4.69, 9.17) is 0 Å². The molecule has 2 aromatic heterocycles. The summed E-state index contributed by atoms with van der Waals surface area (Å²) >= 11 is 1.81. The number of rotatable bonds is 5. The Kier molecular flexibility index (Phi) is 4.77. The molecule has 6 heteroatoms. The molecule has 0 fully saturated rings. The molecule has 1 unspecified atom stereocenters.